The summed E-state index contributed by atoms with van der Waals surface area (Å²) in [4.78, 5) is 11.0. The zero-order chi connectivity index (χ0) is 11.9. The lowest BCUT2D eigenvalue weighted by atomic mass is 10.1. The van der Waals surface area contributed by atoms with Crippen LogP contribution in [-0.4, -0.2) is 16.2 Å². The molecule has 5 heteroatoms. The van der Waals surface area contributed by atoms with Crippen molar-refractivity contribution in [2.45, 2.75) is 13.3 Å². The van der Waals surface area contributed by atoms with Gasteiger partial charge in [-0.25, -0.2) is 4.79 Å². The second kappa shape index (κ2) is 3.72. The van der Waals surface area contributed by atoms with E-state index >= 15 is 0 Å². The molecule has 0 aliphatic carbocycles. The van der Waals surface area contributed by atoms with Crippen molar-refractivity contribution in [2.24, 2.45) is 0 Å². The summed E-state index contributed by atoms with van der Waals surface area (Å²) in [7, 11) is 0. The van der Waals surface area contributed by atoms with Crippen LogP contribution in [0.4, 0.5) is 0 Å². The molecule has 0 aliphatic heterocycles. The van der Waals surface area contributed by atoms with Crippen molar-refractivity contribution in [3.63, 3.8) is 0 Å². The lowest BCUT2D eigenvalue weighted by Gasteiger charge is -1.97. The molecule has 0 bridgehead atoms. The molecular weight excluding hydrogens is 232 g/mol. The van der Waals surface area contributed by atoms with Crippen molar-refractivity contribution in [1.29, 1.82) is 0 Å². The van der Waals surface area contributed by atoms with E-state index in [1.54, 1.807) is 6.92 Å². The van der Waals surface area contributed by atoms with Gasteiger partial charge in [-0.05, 0) is 12.1 Å². The maximum Gasteiger partial charge on any atom is 0.339 e. The van der Waals surface area contributed by atoms with Crippen LogP contribution in [0.1, 0.15) is 23.0 Å². The second-order valence-electron chi connectivity index (χ2n) is 3.36. The van der Waals surface area contributed by atoms with Gasteiger partial charge in [-0.2, -0.15) is 0 Å². The lowest BCUT2D eigenvalue weighted by Crippen LogP contribution is -1.96. The summed E-state index contributed by atoms with van der Waals surface area (Å²) in [5, 5.41) is 19.3. The van der Waals surface area contributed by atoms with Crippen molar-refractivity contribution < 1.29 is 19.4 Å². The molecule has 0 radical (unpaired) electrons. The molecular formula is C11H9ClO4. The summed E-state index contributed by atoms with van der Waals surface area (Å²) in [6.45, 7) is 1.81. The molecule has 0 unspecified atom stereocenters. The molecule has 0 saturated carbocycles. The summed E-state index contributed by atoms with van der Waals surface area (Å²) in [5.74, 6) is -0.814. The van der Waals surface area contributed by atoms with Crippen LogP contribution in [0, 0.1) is 0 Å². The first-order valence-electron chi connectivity index (χ1n) is 4.71. The Balaban J connectivity index is 2.87. The number of aryl methyl sites for hydroxylation is 1. The molecule has 0 fully saturated rings. The highest BCUT2D eigenvalue weighted by Gasteiger charge is 2.19. The predicted molar refractivity (Wildman–Crippen MR) is 59.2 cm³/mol. The number of carbonyl (C=O) groups is 1. The Kier molecular flexibility index (Phi) is 2.52. The third kappa shape index (κ3) is 1.51. The van der Waals surface area contributed by atoms with Gasteiger partial charge in [0.2, 0.25) is 0 Å². The predicted octanol–water partition coefficient (Wildman–Crippen LogP) is 3.05. The van der Waals surface area contributed by atoms with Gasteiger partial charge in [-0.15, -0.1) is 0 Å². The molecule has 16 heavy (non-hydrogen) atoms. The third-order valence-corrected chi connectivity index (χ3v) is 2.57. The number of carboxylic acid groups (broad SMARTS) is 1. The van der Waals surface area contributed by atoms with Gasteiger partial charge in [0.15, 0.2) is 11.3 Å². The number of hydrogen-bond acceptors (Lipinski definition) is 3. The van der Waals surface area contributed by atoms with E-state index in [0.717, 1.165) is 0 Å². The van der Waals surface area contributed by atoms with E-state index in [1.807, 2.05) is 0 Å². The minimum atomic E-state index is -1.14. The fourth-order valence-corrected chi connectivity index (χ4v) is 1.82. The average Bonchev–Trinajstić information content (AvgIpc) is 2.55. The molecule has 0 spiro atoms. The molecule has 0 amide bonds. The standard InChI is InChI=1S/C11H9ClO4/c1-2-8-9(13)6-3-5(12)4-7(11(14)15)10(6)16-8/h3-4,13H,2H2,1H3,(H,14,15). The SMILES string of the molecule is CCc1oc2c(C(=O)O)cc(Cl)cc2c1O. The highest BCUT2D eigenvalue weighted by molar-refractivity contribution is 6.32. The Morgan fingerprint density at radius 3 is 2.75 bits per heavy atom. The highest BCUT2D eigenvalue weighted by Crippen LogP contribution is 2.36. The van der Waals surface area contributed by atoms with Crippen LogP contribution in [-0.2, 0) is 6.42 Å². The Morgan fingerprint density at radius 2 is 2.19 bits per heavy atom. The minimum Gasteiger partial charge on any atom is -0.504 e. The van der Waals surface area contributed by atoms with Crippen LogP contribution in [0.3, 0.4) is 0 Å². The fourth-order valence-electron chi connectivity index (χ4n) is 1.60. The van der Waals surface area contributed by atoms with Crippen LogP contribution in [0.15, 0.2) is 16.5 Å². The average molecular weight is 241 g/mol. The number of benzene rings is 1. The summed E-state index contributed by atoms with van der Waals surface area (Å²) >= 11 is 5.78. The first-order chi connectivity index (χ1) is 7.54. The number of aromatic carboxylic acids is 1. The van der Waals surface area contributed by atoms with Crippen LogP contribution in [0.25, 0.3) is 11.0 Å². The minimum absolute atomic E-state index is 0.0394. The maximum absolute atomic E-state index is 11.0. The van der Waals surface area contributed by atoms with Crippen LogP contribution >= 0.6 is 11.6 Å². The zero-order valence-electron chi connectivity index (χ0n) is 8.45. The second-order valence-corrected chi connectivity index (χ2v) is 3.80. The molecule has 1 aromatic carbocycles. The number of aromatic hydroxyl groups is 1. The van der Waals surface area contributed by atoms with Crippen LogP contribution in [0.2, 0.25) is 5.02 Å². The van der Waals surface area contributed by atoms with E-state index in [2.05, 4.69) is 0 Å². The molecule has 2 N–H and O–H groups in total. The number of carboxylic acids is 1. The molecule has 0 atom stereocenters. The molecule has 2 rings (SSSR count). The maximum atomic E-state index is 11.0. The summed E-state index contributed by atoms with van der Waals surface area (Å²) in [6.07, 6.45) is 0.483. The largest absolute Gasteiger partial charge is 0.504 e. The van der Waals surface area contributed by atoms with E-state index in [1.165, 1.54) is 12.1 Å². The number of furan rings is 1. The van der Waals surface area contributed by atoms with Crippen molar-refractivity contribution in [2.75, 3.05) is 0 Å². The normalized spacial score (nSPS) is 10.9. The lowest BCUT2D eigenvalue weighted by molar-refractivity contribution is 0.0698. The van der Waals surface area contributed by atoms with Gasteiger partial charge in [0.05, 0.1) is 5.39 Å². The molecule has 84 valence electrons. The smallest absolute Gasteiger partial charge is 0.339 e. The highest BCUT2D eigenvalue weighted by atomic mass is 35.5. The monoisotopic (exact) mass is 240 g/mol. The van der Waals surface area contributed by atoms with Crippen LogP contribution < -0.4 is 0 Å². The Morgan fingerprint density at radius 1 is 1.50 bits per heavy atom. The Hall–Kier alpha value is -1.68. The van der Waals surface area contributed by atoms with Crippen molar-refractivity contribution in [3.05, 3.63) is 28.5 Å². The van der Waals surface area contributed by atoms with Crippen molar-refractivity contribution >= 4 is 28.5 Å². The number of hydrogen-bond donors (Lipinski definition) is 2. The molecule has 2 aromatic rings. The van der Waals surface area contributed by atoms with Crippen molar-refractivity contribution in [3.8, 4) is 5.75 Å². The zero-order valence-corrected chi connectivity index (χ0v) is 9.21. The summed E-state index contributed by atoms with van der Waals surface area (Å²) < 4.78 is 5.31. The van der Waals surface area contributed by atoms with Gasteiger partial charge < -0.3 is 14.6 Å². The van der Waals surface area contributed by atoms with Gasteiger partial charge in [0, 0.05) is 11.4 Å². The first-order valence-corrected chi connectivity index (χ1v) is 5.09. The van der Waals surface area contributed by atoms with Gasteiger partial charge in [0.1, 0.15) is 11.3 Å². The van der Waals surface area contributed by atoms with Crippen LogP contribution in [0.5, 0.6) is 5.75 Å². The molecule has 0 saturated heterocycles. The number of halogens is 1. The van der Waals surface area contributed by atoms with Gasteiger partial charge in [-0.1, -0.05) is 18.5 Å². The first kappa shape index (κ1) is 10.8. The topological polar surface area (TPSA) is 70.7 Å². The van der Waals surface area contributed by atoms with Gasteiger partial charge in [0.25, 0.3) is 0 Å². The van der Waals surface area contributed by atoms with E-state index in [-0.39, 0.29) is 21.9 Å². The third-order valence-electron chi connectivity index (χ3n) is 2.35. The fraction of sp³-hybridized carbons (Fsp3) is 0.182. The summed E-state index contributed by atoms with van der Waals surface area (Å²) in [6, 6.07) is 2.79. The van der Waals surface area contributed by atoms with E-state index in [9.17, 15) is 9.90 Å². The van der Waals surface area contributed by atoms with E-state index < -0.39 is 5.97 Å². The number of rotatable bonds is 2. The number of fused-ring (bicyclic) bond motifs is 1. The van der Waals surface area contributed by atoms with E-state index in [4.69, 9.17) is 21.1 Å². The quantitative estimate of drug-likeness (QED) is 0.846. The Bertz CT molecular complexity index is 571. The van der Waals surface area contributed by atoms with E-state index in [0.29, 0.717) is 17.6 Å². The Labute approximate surface area is 96.1 Å². The van der Waals surface area contributed by atoms with Gasteiger partial charge in [-0.3, -0.25) is 0 Å². The van der Waals surface area contributed by atoms with Gasteiger partial charge >= 0.3 is 5.97 Å². The summed E-state index contributed by atoms with van der Waals surface area (Å²) in [5.41, 5.74) is 0.115. The van der Waals surface area contributed by atoms with Crippen molar-refractivity contribution in [1.82, 2.24) is 0 Å². The molecule has 0 aliphatic rings. The molecule has 1 heterocycles. The molecule has 4 nitrogen and oxygen atoms in total. The molecule has 1 aromatic heterocycles.